The number of rotatable bonds is 9. The standard InChI is InChI=1S/C27H31FN3O2S.H2N.W/c1-26(2,32)19-7-8-21(22(28)15-19)23-9-10-25(34-23)30-24-6-3-5-20(29-24)16-33-14-13-31-17-27(18-31)11-4-12-27;;/h3,5-9,15,32H,4,11-14,16-18H2,1-2H3,(H,29,30);1H2;/q2*-1;+2. The number of aromatic nitrogens is 1. The summed E-state index contributed by atoms with van der Waals surface area (Å²) in [5, 5.41) is 14.1. The van der Waals surface area contributed by atoms with Crippen LogP contribution in [0.3, 0.4) is 0 Å². The summed E-state index contributed by atoms with van der Waals surface area (Å²) in [6, 6.07) is 15.6. The molecule has 1 saturated carbocycles. The van der Waals surface area contributed by atoms with Crippen LogP contribution in [0, 0.1) is 17.3 Å². The van der Waals surface area contributed by atoms with E-state index in [4.69, 9.17) is 4.74 Å². The maximum Gasteiger partial charge on any atom is 2.00 e. The van der Waals surface area contributed by atoms with Crippen molar-refractivity contribution in [3.05, 3.63) is 71.8 Å². The number of benzene rings is 1. The molecule has 0 amide bonds. The van der Waals surface area contributed by atoms with Crippen LogP contribution < -0.4 is 5.32 Å². The molecule has 0 unspecified atom stereocenters. The Hall–Kier alpha value is -1.67. The van der Waals surface area contributed by atoms with Crippen molar-refractivity contribution in [2.75, 3.05) is 31.6 Å². The van der Waals surface area contributed by atoms with Gasteiger partial charge in [-0.1, -0.05) is 30.2 Å². The van der Waals surface area contributed by atoms with E-state index >= 15 is 0 Å². The van der Waals surface area contributed by atoms with E-state index in [2.05, 4.69) is 21.3 Å². The van der Waals surface area contributed by atoms with Gasteiger partial charge in [-0.3, -0.25) is 4.90 Å². The Labute approximate surface area is 231 Å². The molecule has 2 aromatic heterocycles. The molecule has 3 aromatic rings. The molecule has 1 aliphatic heterocycles. The van der Waals surface area contributed by atoms with Gasteiger partial charge in [0.2, 0.25) is 0 Å². The van der Waals surface area contributed by atoms with Gasteiger partial charge in [-0.2, -0.15) is 0 Å². The molecule has 5 rings (SSSR count). The predicted octanol–water partition coefficient (Wildman–Crippen LogP) is 6.44. The van der Waals surface area contributed by atoms with Crippen LogP contribution in [0.5, 0.6) is 0 Å². The number of hydrogen-bond donors (Lipinski definition) is 2. The topological polar surface area (TPSA) is 91.1 Å². The molecule has 36 heavy (non-hydrogen) atoms. The van der Waals surface area contributed by atoms with Gasteiger partial charge in [-0.25, -0.2) is 32.8 Å². The third-order valence-electron chi connectivity index (χ3n) is 6.87. The SMILES string of the molecule is CC(C)(O)c1ccc(-c2c[c-]c(Nc3cccc(COCCN4CC5(CCC5)C4)n3)s2)c(F)c1.[NH2-].[W+2]. The number of nitrogens with two attached hydrogens (primary N) is 1. The van der Waals surface area contributed by atoms with Gasteiger partial charge in [-0.05, 0) is 60.9 Å². The fraction of sp³-hybridized carbons (Fsp3) is 0.444. The van der Waals surface area contributed by atoms with Gasteiger partial charge < -0.3 is 21.3 Å². The van der Waals surface area contributed by atoms with Crippen molar-refractivity contribution in [1.82, 2.24) is 9.88 Å². The van der Waals surface area contributed by atoms with Crippen molar-refractivity contribution in [3.63, 3.8) is 0 Å². The monoisotopic (exact) mass is 680 g/mol. The Morgan fingerprint density at radius 2 is 2.03 bits per heavy atom. The molecule has 1 aromatic carbocycles. The van der Waals surface area contributed by atoms with E-state index in [0.29, 0.717) is 29.0 Å². The molecular formula is C27H33FN4O2SW. The van der Waals surface area contributed by atoms with E-state index in [1.54, 1.807) is 32.0 Å². The third-order valence-corrected chi connectivity index (χ3v) is 7.85. The summed E-state index contributed by atoms with van der Waals surface area (Å²) in [6.07, 6.45) is 4.21. The number of nitrogens with zero attached hydrogens (tertiary/aromatic N) is 2. The van der Waals surface area contributed by atoms with E-state index < -0.39 is 5.60 Å². The van der Waals surface area contributed by atoms with Crippen molar-refractivity contribution in [3.8, 4) is 10.4 Å². The zero-order valence-corrected chi connectivity index (χ0v) is 24.5. The molecule has 0 atom stereocenters. The van der Waals surface area contributed by atoms with Crippen LogP contribution in [0.2, 0.25) is 0 Å². The van der Waals surface area contributed by atoms with E-state index in [1.165, 1.54) is 49.8 Å². The van der Waals surface area contributed by atoms with Crippen LogP contribution >= 0.6 is 11.3 Å². The second-order valence-electron chi connectivity index (χ2n) is 10.1. The maximum absolute atomic E-state index is 14.7. The van der Waals surface area contributed by atoms with Gasteiger partial charge in [-0.15, -0.1) is 4.88 Å². The minimum atomic E-state index is -1.08. The van der Waals surface area contributed by atoms with Crippen LogP contribution in [-0.4, -0.2) is 41.2 Å². The minimum Gasteiger partial charge on any atom is -0.693 e. The Balaban J connectivity index is 0.00000180. The predicted molar refractivity (Wildman–Crippen MR) is 139 cm³/mol. The third kappa shape index (κ3) is 6.60. The van der Waals surface area contributed by atoms with Crippen LogP contribution in [-0.2, 0) is 38.0 Å². The van der Waals surface area contributed by atoms with Crippen molar-refractivity contribution in [2.45, 2.75) is 45.3 Å². The molecule has 0 bridgehead atoms. The van der Waals surface area contributed by atoms with E-state index in [-0.39, 0.29) is 33.0 Å². The fourth-order valence-corrected chi connectivity index (χ4v) is 5.65. The summed E-state index contributed by atoms with van der Waals surface area (Å²) < 4.78 is 20.5. The Morgan fingerprint density at radius 3 is 2.69 bits per heavy atom. The average molecular weight is 680 g/mol. The summed E-state index contributed by atoms with van der Waals surface area (Å²) in [5.41, 5.74) is 1.48. The van der Waals surface area contributed by atoms with Crippen molar-refractivity contribution < 1.29 is 35.3 Å². The zero-order chi connectivity index (χ0) is 23.8. The van der Waals surface area contributed by atoms with Gasteiger partial charge in [0, 0.05) is 19.6 Å². The summed E-state index contributed by atoms with van der Waals surface area (Å²) in [6.45, 7) is 7.94. The molecule has 9 heteroatoms. The van der Waals surface area contributed by atoms with Gasteiger partial charge in [0.15, 0.2) is 0 Å². The maximum atomic E-state index is 14.7. The molecule has 2 fully saturated rings. The number of nitrogens with one attached hydrogen (secondary N) is 1. The molecule has 3 heterocycles. The van der Waals surface area contributed by atoms with E-state index in [9.17, 15) is 9.50 Å². The first kappa shape index (κ1) is 28.9. The summed E-state index contributed by atoms with van der Waals surface area (Å²) in [7, 11) is 0. The quantitative estimate of drug-likeness (QED) is 0.201. The van der Waals surface area contributed by atoms with Crippen LogP contribution in [0.15, 0.2) is 42.5 Å². The molecule has 4 N–H and O–H groups in total. The van der Waals surface area contributed by atoms with Crippen molar-refractivity contribution >= 4 is 22.2 Å². The molecule has 192 valence electrons. The number of halogens is 1. The number of hydrogen-bond acceptors (Lipinski definition) is 6. The van der Waals surface area contributed by atoms with Crippen LogP contribution in [0.4, 0.5) is 15.2 Å². The Morgan fingerprint density at radius 1 is 1.25 bits per heavy atom. The second-order valence-corrected chi connectivity index (χ2v) is 11.1. The average Bonchev–Trinajstić information content (AvgIpc) is 3.18. The first-order chi connectivity index (χ1) is 16.3. The smallest absolute Gasteiger partial charge is 0.693 e. The normalized spacial score (nSPS) is 16.4. The second kappa shape index (κ2) is 11.8. The summed E-state index contributed by atoms with van der Waals surface area (Å²) >= 11 is 1.41. The number of ether oxygens (including phenoxy) is 1. The molecule has 1 spiro atoms. The number of pyridine rings is 1. The zero-order valence-electron chi connectivity index (χ0n) is 20.7. The van der Waals surface area contributed by atoms with E-state index in [0.717, 1.165) is 28.7 Å². The Kier molecular flexibility index (Phi) is 9.47. The van der Waals surface area contributed by atoms with Crippen molar-refractivity contribution in [2.24, 2.45) is 5.41 Å². The molecule has 6 nitrogen and oxygen atoms in total. The van der Waals surface area contributed by atoms with Crippen LogP contribution in [0.25, 0.3) is 16.6 Å². The van der Waals surface area contributed by atoms with Gasteiger partial charge in [0.05, 0.1) is 24.5 Å². The largest absolute Gasteiger partial charge is 2.00 e. The molecular weight excluding hydrogens is 647 g/mol. The number of likely N-dealkylation sites (tertiary alicyclic amines) is 1. The molecule has 1 saturated heterocycles. The number of aliphatic hydroxyl groups is 1. The van der Waals surface area contributed by atoms with Crippen LogP contribution in [0.1, 0.15) is 44.4 Å². The molecule has 1 aliphatic carbocycles. The summed E-state index contributed by atoms with van der Waals surface area (Å²) in [4.78, 5) is 7.88. The minimum absolute atomic E-state index is 0. The number of thiophene rings is 1. The first-order valence-electron chi connectivity index (χ1n) is 11.9. The van der Waals surface area contributed by atoms with Gasteiger partial charge in [0.25, 0.3) is 0 Å². The van der Waals surface area contributed by atoms with Crippen molar-refractivity contribution in [1.29, 1.82) is 0 Å². The molecule has 2 aliphatic rings. The first-order valence-corrected chi connectivity index (χ1v) is 12.7. The van der Waals surface area contributed by atoms with E-state index in [1.807, 2.05) is 18.2 Å². The Bertz CT molecular complexity index is 1150. The summed E-state index contributed by atoms with van der Waals surface area (Å²) in [5.74, 6) is 0.345. The molecule has 0 radical (unpaired) electrons. The fourth-order valence-electron chi connectivity index (χ4n) is 4.76. The van der Waals surface area contributed by atoms with Gasteiger partial charge >= 0.3 is 21.1 Å². The van der Waals surface area contributed by atoms with Gasteiger partial charge in [0.1, 0.15) is 11.6 Å². The number of anilines is 2.